The maximum Gasteiger partial charge on any atom is 0.387 e. The van der Waals surface area contributed by atoms with Crippen LogP contribution in [-0.4, -0.2) is 36.0 Å². The molecule has 0 atom stereocenters. The van der Waals surface area contributed by atoms with Crippen LogP contribution in [0.4, 0.5) is 17.6 Å². The van der Waals surface area contributed by atoms with Gasteiger partial charge in [-0.25, -0.2) is 8.78 Å². The fourth-order valence-electron chi connectivity index (χ4n) is 3.02. The van der Waals surface area contributed by atoms with Gasteiger partial charge in [-0.3, -0.25) is 9.48 Å². The van der Waals surface area contributed by atoms with Crippen molar-refractivity contribution in [3.63, 3.8) is 0 Å². The second-order valence-corrected chi connectivity index (χ2v) is 6.56. The maximum atomic E-state index is 14.2. The van der Waals surface area contributed by atoms with Crippen molar-refractivity contribution in [2.75, 3.05) is 13.7 Å². The minimum absolute atomic E-state index is 0.00362. The molecular formula is C21H19F4N3O3. The maximum absolute atomic E-state index is 14.2. The number of nitrogens with zero attached hydrogens (tertiary/aromatic N) is 2. The second kappa shape index (κ2) is 9.50. The average Bonchev–Trinajstić information content (AvgIpc) is 3.09. The molecular weight excluding hydrogens is 418 g/mol. The van der Waals surface area contributed by atoms with Gasteiger partial charge in [-0.2, -0.15) is 13.9 Å². The molecule has 0 fully saturated rings. The molecule has 0 saturated heterocycles. The van der Waals surface area contributed by atoms with E-state index in [0.29, 0.717) is 18.1 Å². The van der Waals surface area contributed by atoms with Gasteiger partial charge >= 0.3 is 6.61 Å². The molecule has 0 unspecified atom stereocenters. The van der Waals surface area contributed by atoms with E-state index in [9.17, 15) is 22.4 Å². The lowest BCUT2D eigenvalue weighted by Gasteiger charge is -2.12. The Morgan fingerprint density at radius 2 is 1.94 bits per heavy atom. The molecule has 1 N–H and O–H groups in total. The predicted octanol–water partition coefficient (Wildman–Crippen LogP) is 3.95. The Kier molecular flexibility index (Phi) is 6.78. The number of benzene rings is 2. The van der Waals surface area contributed by atoms with E-state index >= 15 is 0 Å². The lowest BCUT2D eigenvalue weighted by Crippen LogP contribution is -2.26. The van der Waals surface area contributed by atoms with Crippen LogP contribution in [0.5, 0.6) is 11.5 Å². The van der Waals surface area contributed by atoms with Gasteiger partial charge in [0.2, 0.25) is 0 Å². The molecule has 3 aromatic rings. The van der Waals surface area contributed by atoms with E-state index in [4.69, 9.17) is 4.74 Å². The first-order valence-electron chi connectivity index (χ1n) is 9.17. The van der Waals surface area contributed by atoms with Crippen molar-refractivity contribution in [1.82, 2.24) is 15.1 Å². The molecule has 0 aliphatic carbocycles. The van der Waals surface area contributed by atoms with Crippen LogP contribution in [0.3, 0.4) is 0 Å². The van der Waals surface area contributed by atoms with Gasteiger partial charge in [-0.15, -0.1) is 0 Å². The molecule has 0 aliphatic rings. The first-order chi connectivity index (χ1) is 14.8. The van der Waals surface area contributed by atoms with Gasteiger partial charge in [0, 0.05) is 31.4 Å². The van der Waals surface area contributed by atoms with Crippen molar-refractivity contribution >= 4 is 5.91 Å². The molecule has 0 bridgehead atoms. The van der Waals surface area contributed by atoms with Crippen LogP contribution in [-0.2, 0) is 13.5 Å². The third-order valence-corrected chi connectivity index (χ3v) is 4.40. The summed E-state index contributed by atoms with van der Waals surface area (Å²) in [7, 11) is 2.91. The number of rotatable bonds is 8. The van der Waals surface area contributed by atoms with Crippen molar-refractivity contribution in [1.29, 1.82) is 0 Å². The normalized spacial score (nSPS) is 10.9. The zero-order valence-electron chi connectivity index (χ0n) is 16.7. The largest absolute Gasteiger partial charge is 0.493 e. The number of hydrogen-bond acceptors (Lipinski definition) is 4. The Balaban J connectivity index is 1.71. The molecule has 164 valence electrons. The quantitative estimate of drug-likeness (QED) is 0.542. The summed E-state index contributed by atoms with van der Waals surface area (Å²) in [5.41, 5.74) is 0.822. The summed E-state index contributed by atoms with van der Waals surface area (Å²) in [6.07, 6.45) is 1.74. The third kappa shape index (κ3) is 5.33. The molecule has 3 rings (SSSR count). The van der Waals surface area contributed by atoms with E-state index in [0.717, 1.165) is 6.07 Å². The zero-order chi connectivity index (χ0) is 22.5. The zero-order valence-corrected chi connectivity index (χ0v) is 16.7. The summed E-state index contributed by atoms with van der Waals surface area (Å²) >= 11 is 0. The Morgan fingerprint density at radius 1 is 1.16 bits per heavy atom. The molecule has 0 radical (unpaired) electrons. The van der Waals surface area contributed by atoms with E-state index in [2.05, 4.69) is 15.2 Å². The Labute approximate surface area is 175 Å². The van der Waals surface area contributed by atoms with Crippen LogP contribution in [0.1, 0.15) is 15.9 Å². The van der Waals surface area contributed by atoms with E-state index in [1.54, 1.807) is 13.1 Å². The van der Waals surface area contributed by atoms with Crippen LogP contribution in [0, 0.1) is 11.6 Å². The number of carbonyl (C=O) groups excluding carboxylic acids is 1. The highest BCUT2D eigenvalue weighted by molar-refractivity contribution is 5.99. The van der Waals surface area contributed by atoms with Gasteiger partial charge in [0.25, 0.3) is 5.91 Å². The molecule has 1 amide bonds. The summed E-state index contributed by atoms with van der Waals surface area (Å²) in [6.45, 7) is -2.83. The fraction of sp³-hybridized carbons (Fsp3) is 0.238. The van der Waals surface area contributed by atoms with Crippen LogP contribution >= 0.6 is 0 Å². The molecule has 0 spiro atoms. The molecule has 1 heterocycles. The van der Waals surface area contributed by atoms with E-state index < -0.39 is 24.2 Å². The van der Waals surface area contributed by atoms with Crippen LogP contribution < -0.4 is 14.8 Å². The van der Waals surface area contributed by atoms with Crippen molar-refractivity contribution in [3.05, 3.63) is 65.4 Å². The average molecular weight is 437 g/mol. The fourth-order valence-corrected chi connectivity index (χ4v) is 3.02. The number of methoxy groups -OCH3 is 1. The number of aromatic nitrogens is 2. The summed E-state index contributed by atoms with van der Waals surface area (Å²) in [6, 6.07) is 7.57. The Morgan fingerprint density at radius 3 is 2.61 bits per heavy atom. The highest BCUT2D eigenvalue weighted by atomic mass is 19.3. The number of carbonyl (C=O) groups is 1. The van der Waals surface area contributed by atoms with E-state index in [-0.39, 0.29) is 34.9 Å². The monoisotopic (exact) mass is 437 g/mol. The number of amides is 1. The topological polar surface area (TPSA) is 65.4 Å². The molecule has 2 aromatic carbocycles. The summed E-state index contributed by atoms with van der Waals surface area (Å²) in [4.78, 5) is 12.6. The number of nitrogens with one attached hydrogen (secondary N) is 1. The van der Waals surface area contributed by atoms with Gasteiger partial charge in [0.05, 0.1) is 12.7 Å². The summed E-state index contributed by atoms with van der Waals surface area (Å²) in [5.74, 6) is -2.03. The van der Waals surface area contributed by atoms with E-state index in [1.807, 2.05) is 0 Å². The summed E-state index contributed by atoms with van der Waals surface area (Å²) < 4.78 is 63.2. The Hall–Kier alpha value is -3.56. The van der Waals surface area contributed by atoms with E-state index in [1.165, 1.54) is 36.2 Å². The molecule has 1 aromatic heterocycles. The second-order valence-electron chi connectivity index (χ2n) is 6.56. The highest BCUT2D eigenvalue weighted by Gasteiger charge is 2.20. The molecule has 0 aliphatic heterocycles. The first kappa shape index (κ1) is 22.1. The van der Waals surface area contributed by atoms with Crippen molar-refractivity contribution in [3.8, 4) is 22.8 Å². The first-order valence-corrected chi connectivity index (χ1v) is 9.17. The smallest absolute Gasteiger partial charge is 0.387 e. The molecule has 10 heteroatoms. The standard InChI is InChI=1S/C21H19F4N3O3/c1-28-11-15(19(27-28)14-5-4-13(22)10-16(14)23)20(29)26-8-7-12-3-6-17(30-2)18(9-12)31-21(24)25/h3-6,9-11,21H,7-8H2,1-2H3,(H,26,29). The van der Waals surface area contributed by atoms with Crippen LogP contribution in [0.2, 0.25) is 0 Å². The molecule has 6 nitrogen and oxygen atoms in total. The summed E-state index contributed by atoms with van der Waals surface area (Å²) in [5, 5.41) is 6.79. The molecule has 31 heavy (non-hydrogen) atoms. The van der Waals surface area contributed by atoms with Crippen molar-refractivity contribution in [2.24, 2.45) is 7.05 Å². The van der Waals surface area contributed by atoms with Gasteiger partial charge in [0.1, 0.15) is 17.3 Å². The van der Waals surface area contributed by atoms with Gasteiger partial charge < -0.3 is 14.8 Å². The lowest BCUT2D eigenvalue weighted by atomic mass is 10.1. The molecule has 0 saturated carbocycles. The highest BCUT2D eigenvalue weighted by Crippen LogP contribution is 2.30. The van der Waals surface area contributed by atoms with Gasteiger partial charge in [-0.1, -0.05) is 6.07 Å². The SMILES string of the molecule is COc1ccc(CCNC(=O)c2cn(C)nc2-c2ccc(F)cc2F)cc1OC(F)F. The van der Waals surface area contributed by atoms with Crippen LogP contribution in [0.15, 0.2) is 42.6 Å². The Bertz CT molecular complexity index is 1090. The van der Waals surface area contributed by atoms with Crippen molar-refractivity contribution in [2.45, 2.75) is 13.0 Å². The van der Waals surface area contributed by atoms with Gasteiger partial charge in [0.15, 0.2) is 11.5 Å². The predicted molar refractivity (Wildman–Crippen MR) is 104 cm³/mol. The lowest BCUT2D eigenvalue weighted by molar-refractivity contribution is -0.0512. The minimum atomic E-state index is -3.00. The number of hydrogen-bond donors (Lipinski definition) is 1. The number of aryl methyl sites for hydroxylation is 1. The third-order valence-electron chi connectivity index (χ3n) is 4.40. The number of halogens is 4. The number of ether oxygens (including phenoxy) is 2. The van der Waals surface area contributed by atoms with Gasteiger partial charge in [-0.05, 0) is 36.2 Å². The minimum Gasteiger partial charge on any atom is -0.493 e. The number of alkyl halides is 2. The van der Waals surface area contributed by atoms with Crippen molar-refractivity contribution < 1.29 is 31.8 Å². The van der Waals surface area contributed by atoms with Crippen LogP contribution in [0.25, 0.3) is 11.3 Å².